The van der Waals surface area contributed by atoms with Gasteiger partial charge in [-0.1, -0.05) is 11.6 Å². The molecule has 2 rings (SSSR count). The Balaban J connectivity index is 2.06. The largest absolute Gasteiger partial charge is 0.416 e. The molecule has 0 saturated carbocycles. The Labute approximate surface area is 121 Å². The number of rotatable bonds is 2. The third-order valence-electron chi connectivity index (χ3n) is 3.61. The van der Waals surface area contributed by atoms with Gasteiger partial charge in [-0.05, 0) is 57.6 Å². The minimum absolute atomic E-state index is 0.123. The van der Waals surface area contributed by atoms with Crippen molar-refractivity contribution in [2.75, 3.05) is 25.5 Å². The normalized spacial score (nSPS) is 21.6. The van der Waals surface area contributed by atoms with Gasteiger partial charge < -0.3 is 10.2 Å². The van der Waals surface area contributed by atoms with Crippen molar-refractivity contribution >= 4 is 17.3 Å². The van der Waals surface area contributed by atoms with Gasteiger partial charge in [-0.15, -0.1) is 0 Å². The van der Waals surface area contributed by atoms with E-state index >= 15 is 0 Å². The maximum atomic E-state index is 12.6. The van der Waals surface area contributed by atoms with E-state index in [9.17, 15) is 13.2 Å². The summed E-state index contributed by atoms with van der Waals surface area (Å²) >= 11 is 5.95. The lowest BCUT2D eigenvalue weighted by Crippen LogP contribution is -2.23. The Morgan fingerprint density at radius 3 is 2.65 bits per heavy atom. The van der Waals surface area contributed by atoms with Gasteiger partial charge in [-0.3, -0.25) is 0 Å². The van der Waals surface area contributed by atoms with Gasteiger partial charge in [0.1, 0.15) is 0 Å². The first-order chi connectivity index (χ1) is 9.36. The van der Waals surface area contributed by atoms with E-state index in [0.29, 0.717) is 5.69 Å². The lowest BCUT2D eigenvalue weighted by molar-refractivity contribution is -0.137. The van der Waals surface area contributed by atoms with Gasteiger partial charge >= 0.3 is 6.18 Å². The zero-order valence-corrected chi connectivity index (χ0v) is 12.1. The quantitative estimate of drug-likeness (QED) is 0.878. The number of halogens is 4. The van der Waals surface area contributed by atoms with Crippen LogP contribution < -0.4 is 5.32 Å². The summed E-state index contributed by atoms with van der Waals surface area (Å²) in [5.41, 5.74) is -0.136. The summed E-state index contributed by atoms with van der Waals surface area (Å²) in [6, 6.07) is 3.72. The molecule has 1 atom stereocenters. The van der Waals surface area contributed by atoms with Crippen LogP contribution in [-0.2, 0) is 6.18 Å². The van der Waals surface area contributed by atoms with Crippen LogP contribution in [0.1, 0.15) is 24.8 Å². The van der Waals surface area contributed by atoms with Gasteiger partial charge in [0.2, 0.25) is 0 Å². The molecule has 1 N–H and O–H groups in total. The van der Waals surface area contributed by atoms with Crippen molar-refractivity contribution in [3.63, 3.8) is 0 Å². The van der Waals surface area contributed by atoms with Crippen molar-refractivity contribution in [1.82, 2.24) is 4.90 Å². The van der Waals surface area contributed by atoms with Crippen molar-refractivity contribution in [1.29, 1.82) is 0 Å². The molecular formula is C14H18ClF3N2. The number of nitrogens with one attached hydrogen (secondary N) is 1. The lowest BCUT2D eigenvalue weighted by Gasteiger charge is -2.19. The molecule has 20 heavy (non-hydrogen) atoms. The minimum atomic E-state index is -4.35. The van der Waals surface area contributed by atoms with E-state index in [4.69, 9.17) is 11.6 Å². The Bertz CT molecular complexity index is 462. The third-order valence-corrected chi connectivity index (χ3v) is 3.92. The van der Waals surface area contributed by atoms with E-state index in [-0.39, 0.29) is 11.1 Å². The topological polar surface area (TPSA) is 15.3 Å². The highest BCUT2D eigenvalue weighted by molar-refractivity contribution is 6.33. The molecule has 1 saturated heterocycles. The van der Waals surface area contributed by atoms with Crippen molar-refractivity contribution in [3.8, 4) is 0 Å². The average Bonchev–Trinajstić information content (AvgIpc) is 2.56. The van der Waals surface area contributed by atoms with Crippen molar-refractivity contribution in [3.05, 3.63) is 28.8 Å². The van der Waals surface area contributed by atoms with Crippen LogP contribution in [-0.4, -0.2) is 31.1 Å². The first kappa shape index (κ1) is 15.4. The summed E-state index contributed by atoms with van der Waals surface area (Å²) < 4.78 is 37.7. The van der Waals surface area contributed by atoms with E-state index in [2.05, 4.69) is 17.3 Å². The Kier molecular flexibility index (Phi) is 4.81. The summed E-state index contributed by atoms with van der Waals surface area (Å²) in [7, 11) is 2.08. The van der Waals surface area contributed by atoms with Gasteiger partial charge in [-0.2, -0.15) is 13.2 Å². The van der Waals surface area contributed by atoms with Crippen molar-refractivity contribution < 1.29 is 13.2 Å². The van der Waals surface area contributed by atoms with Crippen LogP contribution in [0.15, 0.2) is 18.2 Å². The van der Waals surface area contributed by atoms with Crippen LogP contribution in [0, 0.1) is 0 Å². The predicted octanol–water partition coefficient (Wildman–Crippen LogP) is 4.26. The number of hydrogen-bond acceptors (Lipinski definition) is 2. The molecule has 1 aliphatic heterocycles. The van der Waals surface area contributed by atoms with Crippen LogP contribution >= 0.6 is 11.6 Å². The standard InChI is InChI=1S/C14H18ClF3N2/c1-20-7-2-3-11(6-8-20)19-13-5-4-10(9-12(13)15)14(16,17)18/h4-5,9,11,19H,2-3,6-8H2,1H3. The SMILES string of the molecule is CN1CCCC(Nc2ccc(C(F)(F)F)cc2Cl)CC1. The van der Waals surface area contributed by atoms with Crippen molar-refractivity contribution in [2.24, 2.45) is 0 Å². The number of alkyl halides is 3. The maximum Gasteiger partial charge on any atom is 0.416 e. The molecule has 1 heterocycles. The molecule has 2 nitrogen and oxygen atoms in total. The van der Waals surface area contributed by atoms with Gasteiger partial charge in [0, 0.05) is 6.04 Å². The van der Waals surface area contributed by atoms with Gasteiger partial charge in [-0.25, -0.2) is 0 Å². The van der Waals surface area contributed by atoms with Gasteiger partial charge in [0.05, 0.1) is 16.3 Å². The molecule has 112 valence electrons. The molecule has 6 heteroatoms. The molecule has 0 bridgehead atoms. The van der Waals surface area contributed by atoms with Crippen LogP contribution in [0.5, 0.6) is 0 Å². The monoisotopic (exact) mass is 306 g/mol. The fourth-order valence-electron chi connectivity index (χ4n) is 2.41. The highest BCUT2D eigenvalue weighted by Crippen LogP contribution is 2.34. The molecule has 1 aromatic carbocycles. The summed E-state index contributed by atoms with van der Waals surface area (Å²) in [4.78, 5) is 2.26. The van der Waals surface area contributed by atoms with Gasteiger partial charge in [0.15, 0.2) is 0 Å². The Morgan fingerprint density at radius 2 is 2.00 bits per heavy atom. The van der Waals surface area contributed by atoms with Crippen LogP contribution in [0.2, 0.25) is 5.02 Å². The highest BCUT2D eigenvalue weighted by atomic mass is 35.5. The summed E-state index contributed by atoms with van der Waals surface area (Å²) in [5.74, 6) is 0. The molecule has 0 spiro atoms. The van der Waals surface area contributed by atoms with Crippen LogP contribution in [0.25, 0.3) is 0 Å². The molecule has 1 aromatic rings. The molecule has 0 radical (unpaired) electrons. The van der Waals surface area contributed by atoms with Crippen LogP contribution in [0.3, 0.4) is 0 Å². The predicted molar refractivity (Wildman–Crippen MR) is 75.2 cm³/mol. The molecule has 1 fully saturated rings. The molecule has 0 aromatic heterocycles. The van der Waals surface area contributed by atoms with E-state index < -0.39 is 11.7 Å². The van der Waals surface area contributed by atoms with Crippen molar-refractivity contribution in [2.45, 2.75) is 31.5 Å². The third kappa shape index (κ3) is 4.03. The average molecular weight is 307 g/mol. The first-order valence-corrected chi connectivity index (χ1v) is 7.06. The van der Waals surface area contributed by atoms with E-state index in [1.807, 2.05) is 0 Å². The summed E-state index contributed by atoms with van der Waals surface area (Å²) in [6.07, 6.45) is -1.31. The number of nitrogens with zero attached hydrogens (tertiary/aromatic N) is 1. The molecule has 1 aliphatic rings. The summed E-state index contributed by atoms with van der Waals surface area (Å²) in [5, 5.41) is 3.39. The number of anilines is 1. The Morgan fingerprint density at radius 1 is 1.25 bits per heavy atom. The molecule has 0 aliphatic carbocycles. The molecular weight excluding hydrogens is 289 g/mol. The fraction of sp³-hybridized carbons (Fsp3) is 0.571. The number of benzene rings is 1. The molecule has 1 unspecified atom stereocenters. The number of likely N-dealkylation sites (tertiary alicyclic amines) is 1. The molecule has 0 amide bonds. The minimum Gasteiger partial charge on any atom is -0.381 e. The number of hydrogen-bond donors (Lipinski definition) is 1. The second kappa shape index (κ2) is 6.22. The Hall–Kier alpha value is -0.940. The summed E-state index contributed by atoms with van der Waals surface area (Å²) in [6.45, 7) is 2.04. The second-order valence-electron chi connectivity index (χ2n) is 5.27. The van der Waals surface area contributed by atoms with Gasteiger partial charge in [0.25, 0.3) is 0 Å². The van der Waals surface area contributed by atoms with Crippen LogP contribution in [0.4, 0.5) is 18.9 Å². The van der Waals surface area contributed by atoms with E-state index in [0.717, 1.165) is 44.5 Å². The second-order valence-corrected chi connectivity index (χ2v) is 5.68. The lowest BCUT2D eigenvalue weighted by atomic mass is 10.1. The maximum absolute atomic E-state index is 12.6. The van der Waals surface area contributed by atoms with E-state index in [1.165, 1.54) is 6.07 Å². The zero-order chi connectivity index (χ0) is 14.8. The zero-order valence-electron chi connectivity index (χ0n) is 11.3. The first-order valence-electron chi connectivity index (χ1n) is 6.68. The van der Waals surface area contributed by atoms with E-state index in [1.54, 1.807) is 0 Å². The smallest absolute Gasteiger partial charge is 0.381 e. The highest BCUT2D eigenvalue weighted by Gasteiger charge is 2.31. The fourth-order valence-corrected chi connectivity index (χ4v) is 2.65.